The van der Waals surface area contributed by atoms with Crippen LogP contribution in [0.1, 0.15) is 56.5 Å². The Morgan fingerprint density at radius 1 is 1.00 bits per heavy atom. The normalized spacial score (nSPS) is 18.0. The van der Waals surface area contributed by atoms with Crippen LogP contribution >= 0.6 is 0 Å². The zero-order chi connectivity index (χ0) is 22.5. The smallest absolute Gasteiger partial charge is 0.278 e. The molecule has 0 saturated heterocycles. The molecule has 1 aliphatic carbocycles. The zero-order valence-corrected chi connectivity index (χ0v) is 17.5. The van der Waals surface area contributed by atoms with E-state index in [1.165, 1.54) is 6.20 Å². The largest absolute Gasteiger partial charge is 0.393 e. The van der Waals surface area contributed by atoms with Crippen molar-refractivity contribution in [3.05, 3.63) is 72.1 Å². The van der Waals surface area contributed by atoms with E-state index in [0.717, 1.165) is 12.8 Å². The Balaban J connectivity index is -0.000000875. The molecular formula is C24H39N5O3. The number of nitrogens with two attached hydrogens (primary N) is 1. The van der Waals surface area contributed by atoms with Gasteiger partial charge in [-0.3, -0.25) is 9.59 Å². The number of carbonyl (C=O) groups excluding carboxylic acids is 2. The van der Waals surface area contributed by atoms with Gasteiger partial charge in [0.2, 0.25) is 0 Å². The van der Waals surface area contributed by atoms with E-state index in [-0.39, 0.29) is 39.6 Å². The number of nitrogens with one attached hydrogen (secondary N) is 2. The van der Waals surface area contributed by atoms with Crippen LogP contribution in [0.4, 0.5) is 11.5 Å². The number of para-hydroxylation sites is 1. The van der Waals surface area contributed by atoms with Gasteiger partial charge in [0.15, 0.2) is 11.5 Å². The summed E-state index contributed by atoms with van der Waals surface area (Å²) in [7, 11) is 0. The molecule has 1 fully saturated rings. The first kappa shape index (κ1) is 21.5. The lowest BCUT2D eigenvalue weighted by Gasteiger charge is -2.26. The fraction of sp³-hybridized carbons (Fsp3) is 0.250. The maximum atomic E-state index is 12.7. The molecular weight excluding hydrogens is 406 g/mol. The van der Waals surface area contributed by atoms with E-state index < -0.39 is 5.91 Å². The first-order chi connectivity index (χ1) is 15.5. The van der Waals surface area contributed by atoms with Gasteiger partial charge < -0.3 is 21.5 Å². The predicted octanol–water partition coefficient (Wildman–Crippen LogP) is 4.73. The Morgan fingerprint density at radius 2 is 1.75 bits per heavy atom. The van der Waals surface area contributed by atoms with E-state index in [1.54, 1.807) is 36.4 Å². The molecule has 0 spiro atoms. The molecule has 0 bridgehead atoms. The van der Waals surface area contributed by atoms with Crippen molar-refractivity contribution < 1.29 is 24.7 Å². The lowest BCUT2D eigenvalue weighted by molar-refractivity contribution is 0.0867. The van der Waals surface area contributed by atoms with Crippen LogP contribution in [0.3, 0.4) is 0 Å². The van der Waals surface area contributed by atoms with Crippen molar-refractivity contribution in [2.24, 2.45) is 0 Å². The second-order valence-electron chi connectivity index (χ2n) is 7.87. The number of hydrogen-bond acceptors (Lipinski definition) is 6. The number of amides is 2. The third kappa shape index (κ3) is 5.09. The van der Waals surface area contributed by atoms with Crippen molar-refractivity contribution >= 4 is 23.3 Å². The molecule has 2 amide bonds. The summed E-state index contributed by atoms with van der Waals surface area (Å²) in [4.78, 5) is 33.9. The minimum Gasteiger partial charge on any atom is -0.393 e. The van der Waals surface area contributed by atoms with Crippen molar-refractivity contribution in [3.8, 4) is 11.3 Å². The predicted molar refractivity (Wildman–Crippen MR) is 137 cm³/mol. The highest BCUT2D eigenvalue weighted by atomic mass is 16.3. The highest BCUT2D eigenvalue weighted by Crippen LogP contribution is 2.22. The molecule has 8 heteroatoms. The van der Waals surface area contributed by atoms with Gasteiger partial charge in [-0.2, -0.15) is 0 Å². The van der Waals surface area contributed by atoms with E-state index in [4.69, 9.17) is 5.73 Å². The number of hydrogen-bond donors (Lipinski definition) is 4. The van der Waals surface area contributed by atoms with Crippen molar-refractivity contribution in [3.63, 3.8) is 0 Å². The minimum absolute atomic E-state index is 0. The highest BCUT2D eigenvalue weighted by Gasteiger charge is 2.21. The third-order valence-electron chi connectivity index (χ3n) is 5.50. The molecule has 32 heavy (non-hydrogen) atoms. The van der Waals surface area contributed by atoms with Crippen LogP contribution in [-0.2, 0) is 0 Å². The molecule has 1 heterocycles. The maximum Gasteiger partial charge on any atom is 0.278 e. The number of anilines is 2. The van der Waals surface area contributed by atoms with Crippen LogP contribution in [0.25, 0.3) is 11.3 Å². The molecule has 8 nitrogen and oxygen atoms in total. The Labute approximate surface area is 196 Å². The average molecular weight is 446 g/mol. The summed E-state index contributed by atoms with van der Waals surface area (Å²) < 4.78 is 0. The molecule has 2 aromatic carbocycles. The summed E-state index contributed by atoms with van der Waals surface area (Å²) in [6.07, 6.45) is 4.11. The zero-order valence-electron chi connectivity index (χ0n) is 17.5. The summed E-state index contributed by atoms with van der Waals surface area (Å²) in [5, 5.41) is 15.4. The van der Waals surface area contributed by atoms with Crippen LogP contribution in [0.5, 0.6) is 0 Å². The standard InChI is InChI=1S/C24H25N5O3.7H2/c25-22-21(24(32)28-17-7-2-1-3-8-17)29-20(14-26-22)15-5-4-6-16(13-15)23(31)27-18-9-11-19(30)12-10-18;;;;;;;/h1-8,13-14,18-19,30H,9-12H2,(H2,25,26)(H,27,31)(H,28,32);7*1H. The van der Waals surface area contributed by atoms with Crippen molar-refractivity contribution in [2.45, 2.75) is 37.8 Å². The molecule has 0 radical (unpaired) electrons. The van der Waals surface area contributed by atoms with Gasteiger partial charge in [-0.05, 0) is 49.9 Å². The van der Waals surface area contributed by atoms with Gasteiger partial charge in [-0.15, -0.1) is 0 Å². The number of rotatable bonds is 5. The molecule has 1 aromatic heterocycles. The SMILES string of the molecule is Nc1ncc(-c2cccc(C(=O)NC3CCC(O)CC3)c2)nc1C(=O)Nc1ccccc1.[HH].[HH].[HH].[HH].[HH].[HH].[HH]. The van der Waals surface area contributed by atoms with E-state index in [9.17, 15) is 14.7 Å². The number of aliphatic hydroxyl groups is 1. The molecule has 178 valence electrons. The van der Waals surface area contributed by atoms with Crippen LogP contribution in [0.15, 0.2) is 60.8 Å². The summed E-state index contributed by atoms with van der Waals surface area (Å²) >= 11 is 0. The molecule has 5 N–H and O–H groups in total. The summed E-state index contributed by atoms with van der Waals surface area (Å²) in [5.74, 6) is -0.620. The Kier molecular flexibility index (Phi) is 6.42. The lowest BCUT2D eigenvalue weighted by atomic mass is 9.93. The minimum atomic E-state index is -0.462. The number of aromatic nitrogens is 2. The third-order valence-corrected chi connectivity index (χ3v) is 5.50. The first-order valence-electron chi connectivity index (χ1n) is 10.6. The quantitative estimate of drug-likeness (QED) is 0.449. The van der Waals surface area contributed by atoms with Gasteiger partial charge in [-0.1, -0.05) is 30.3 Å². The Hall–Kier alpha value is -3.78. The van der Waals surface area contributed by atoms with Crippen LogP contribution in [0.2, 0.25) is 0 Å². The monoisotopic (exact) mass is 445 g/mol. The van der Waals surface area contributed by atoms with Gasteiger partial charge in [0.05, 0.1) is 18.0 Å². The first-order valence-corrected chi connectivity index (χ1v) is 10.6. The van der Waals surface area contributed by atoms with E-state index >= 15 is 0 Å². The second-order valence-corrected chi connectivity index (χ2v) is 7.87. The molecule has 1 aliphatic rings. The molecule has 4 rings (SSSR count). The summed E-state index contributed by atoms with van der Waals surface area (Å²) in [6, 6.07) is 16.1. The molecule has 0 unspecified atom stereocenters. The van der Waals surface area contributed by atoms with Crippen molar-refractivity contribution in [1.82, 2.24) is 15.3 Å². The number of nitrogens with zero attached hydrogens (tertiary/aromatic N) is 2. The number of aliphatic hydroxyl groups excluding tert-OH is 1. The van der Waals surface area contributed by atoms with Crippen LogP contribution < -0.4 is 16.4 Å². The van der Waals surface area contributed by atoms with Gasteiger partial charge in [0.1, 0.15) is 0 Å². The molecule has 3 aromatic rings. The lowest BCUT2D eigenvalue weighted by Crippen LogP contribution is -2.38. The fourth-order valence-corrected chi connectivity index (χ4v) is 3.73. The van der Waals surface area contributed by atoms with Gasteiger partial charge in [0.25, 0.3) is 11.8 Å². The van der Waals surface area contributed by atoms with Gasteiger partial charge in [0, 0.05) is 32.8 Å². The topological polar surface area (TPSA) is 130 Å². The van der Waals surface area contributed by atoms with E-state index in [0.29, 0.717) is 35.3 Å². The molecule has 1 saturated carbocycles. The maximum absolute atomic E-state index is 12.7. The number of nitrogen functional groups attached to an aromatic ring is 1. The number of carbonyl (C=O) groups is 2. The molecule has 0 atom stereocenters. The van der Waals surface area contributed by atoms with E-state index in [1.807, 2.05) is 18.2 Å². The van der Waals surface area contributed by atoms with Crippen LogP contribution in [0, 0.1) is 0 Å². The number of benzene rings is 2. The summed E-state index contributed by atoms with van der Waals surface area (Å²) in [5.41, 5.74) is 8.11. The van der Waals surface area contributed by atoms with Gasteiger partial charge in [-0.25, -0.2) is 9.97 Å². The fourth-order valence-electron chi connectivity index (χ4n) is 3.73. The van der Waals surface area contributed by atoms with Crippen LogP contribution in [-0.4, -0.2) is 39.0 Å². The van der Waals surface area contributed by atoms with Gasteiger partial charge >= 0.3 is 0 Å². The summed E-state index contributed by atoms with van der Waals surface area (Å²) in [6.45, 7) is 0. The van der Waals surface area contributed by atoms with Crippen molar-refractivity contribution in [2.75, 3.05) is 11.1 Å². The van der Waals surface area contributed by atoms with E-state index in [2.05, 4.69) is 20.6 Å². The Morgan fingerprint density at radius 3 is 2.50 bits per heavy atom. The highest BCUT2D eigenvalue weighted by molar-refractivity contribution is 6.06. The Bertz CT molecular complexity index is 1140. The molecule has 0 aliphatic heterocycles. The average Bonchev–Trinajstić information content (AvgIpc) is 2.81. The second kappa shape index (κ2) is 9.57. The van der Waals surface area contributed by atoms with Crippen molar-refractivity contribution in [1.29, 1.82) is 0 Å².